The maximum absolute atomic E-state index is 12.5. The van der Waals surface area contributed by atoms with Gasteiger partial charge in [-0.3, -0.25) is 9.59 Å². The van der Waals surface area contributed by atoms with Crippen LogP contribution in [-0.2, 0) is 16.0 Å². The lowest BCUT2D eigenvalue weighted by molar-refractivity contribution is -0.147. The summed E-state index contributed by atoms with van der Waals surface area (Å²) >= 11 is 5.94. The van der Waals surface area contributed by atoms with E-state index in [1.54, 1.807) is 23.1 Å². The number of aliphatic carboxylic acids is 1. The van der Waals surface area contributed by atoms with Crippen LogP contribution in [-0.4, -0.2) is 41.1 Å². The fraction of sp³-hybridized carbons (Fsp3) is 0.467. The van der Waals surface area contributed by atoms with E-state index in [1.807, 2.05) is 0 Å². The van der Waals surface area contributed by atoms with E-state index >= 15 is 0 Å². The van der Waals surface area contributed by atoms with Crippen molar-refractivity contribution >= 4 is 23.5 Å². The molecule has 0 bridgehead atoms. The summed E-state index contributed by atoms with van der Waals surface area (Å²) in [5.41, 5.74) is 0.924. The van der Waals surface area contributed by atoms with Gasteiger partial charge in [0.2, 0.25) is 0 Å². The normalized spacial score (nSPS) is 24.3. The SMILES string of the molecule is O=C(O)[C@@H]1CCCN(C(=O)[C@@H]2Cc3cc(Cl)ccc3O2)C1. The van der Waals surface area contributed by atoms with E-state index < -0.39 is 18.0 Å². The number of carbonyl (C=O) groups is 2. The van der Waals surface area contributed by atoms with Gasteiger partial charge >= 0.3 is 5.97 Å². The van der Waals surface area contributed by atoms with Gasteiger partial charge in [0, 0.05) is 24.5 Å². The van der Waals surface area contributed by atoms with Crippen molar-refractivity contribution in [2.24, 2.45) is 5.92 Å². The second-order valence-corrected chi connectivity index (χ2v) is 5.96. The van der Waals surface area contributed by atoms with Crippen LogP contribution < -0.4 is 4.74 Å². The summed E-state index contributed by atoms with van der Waals surface area (Å²) in [5.74, 6) is -0.756. The number of ether oxygens (including phenoxy) is 1. The van der Waals surface area contributed by atoms with Gasteiger partial charge in [0.1, 0.15) is 5.75 Å². The Labute approximate surface area is 127 Å². The summed E-state index contributed by atoms with van der Waals surface area (Å²) in [7, 11) is 0. The van der Waals surface area contributed by atoms with Crippen LogP contribution in [0.3, 0.4) is 0 Å². The Hall–Kier alpha value is -1.75. The molecule has 1 amide bonds. The zero-order valence-electron chi connectivity index (χ0n) is 11.4. The lowest BCUT2D eigenvalue weighted by atomic mass is 9.97. The first kappa shape index (κ1) is 14.2. The minimum atomic E-state index is -0.838. The molecular weight excluding hydrogens is 294 g/mol. The van der Waals surface area contributed by atoms with Crippen LogP contribution in [0.5, 0.6) is 5.75 Å². The summed E-state index contributed by atoms with van der Waals surface area (Å²) in [6.07, 6.45) is 1.27. The van der Waals surface area contributed by atoms with Crippen molar-refractivity contribution in [1.29, 1.82) is 0 Å². The van der Waals surface area contributed by atoms with Gasteiger partial charge in [0.15, 0.2) is 6.10 Å². The number of rotatable bonds is 2. The fourth-order valence-corrected chi connectivity index (χ4v) is 3.13. The number of likely N-dealkylation sites (tertiary alicyclic amines) is 1. The molecule has 6 heteroatoms. The summed E-state index contributed by atoms with van der Waals surface area (Å²) in [5, 5.41) is 9.71. The number of carboxylic acids is 1. The highest BCUT2D eigenvalue weighted by Crippen LogP contribution is 2.32. The third-order valence-electron chi connectivity index (χ3n) is 4.05. The molecule has 21 heavy (non-hydrogen) atoms. The van der Waals surface area contributed by atoms with E-state index in [-0.39, 0.29) is 12.5 Å². The summed E-state index contributed by atoms with van der Waals surface area (Å²) in [6, 6.07) is 5.30. The molecule has 2 aliphatic rings. The third kappa shape index (κ3) is 2.83. The first-order chi connectivity index (χ1) is 10.0. The van der Waals surface area contributed by atoms with Crippen LogP contribution >= 0.6 is 11.6 Å². The molecule has 1 aromatic carbocycles. The molecule has 0 aromatic heterocycles. The molecule has 0 aliphatic carbocycles. The molecule has 1 fully saturated rings. The van der Waals surface area contributed by atoms with Gasteiger partial charge in [0.25, 0.3) is 5.91 Å². The number of piperidine rings is 1. The van der Waals surface area contributed by atoms with Crippen LogP contribution in [0.1, 0.15) is 18.4 Å². The van der Waals surface area contributed by atoms with Crippen LogP contribution in [0.4, 0.5) is 0 Å². The Morgan fingerprint density at radius 3 is 2.95 bits per heavy atom. The Bertz CT molecular complexity index is 589. The second kappa shape index (κ2) is 5.56. The minimum Gasteiger partial charge on any atom is -0.481 e. The molecule has 1 aromatic rings. The zero-order valence-corrected chi connectivity index (χ0v) is 12.2. The number of nitrogens with zero attached hydrogens (tertiary/aromatic N) is 1. The zero-order chi connectivity index (χ0) is 15.0. The van der Waals surface area contributed by atoms with Crippen molar-refractivity contribution in [3.8, 4) is 5.75 Å². The fourth-order valence-electron chi connectivity index (χ4n) is 2.94. The van der Waals surface area contributed by atoms with Crippen molar-refractivity contribution in [2.45, 2.75) is 25.4 Å². The Balaban J connectivity index is 1.68. The van der Waals surface area contributed by atoms with Crippen molar-refractivity contribution in [3.05, 3.63) is 28.8 Å². The van der Waals surface area contributed by atoms with Crippen molar-refractivity contribution in [2.75, 3.05) is 13.1 Å². The number of amides is 1. The highest BCUT2D eigenvalue weighted by molar-refractivity contribution is 6.30. The van der Waals surface area contributed by atoms with Gasteiger partial charge in [0.05, 0.1) is 5.92 Å². The van der Waals surface area contributed by atoms with Gasteiger partial charge < -0.3 is 14.7 Å². The molecule has 1 saturated heterocycles. The number of halogens is 1. The van der Waals surface area contributed by atoms with Gasteiger partial charge in [-0.2, -0.15) is 0 Å². The largest absolute Gasteiger partial charge is 0.481 e. The predicted molar refractivity (Wildman–Crippen MR) is 76.5 cm³/mol. The summed E-state index contributed by atoms with van der Waals surface area (Å²) in [4.78, 5) is 25.2. The van der Waals surface area contributed by atoms with Crippen LogP contribution in [0, 0.1) is 5.92 Å². The van der Waals surface area contributed by atoms with E-state index in [0.717, 1.165) is 5.56 Å². The average Bonchev–Trinajstić information content (AvgIpc) is 2.89. The van der Waals surface area contributed by atoms with E-state index in [9.17, 15) is 9.59 Å². The number of carbonyl (C=O) groups excluding carboxylic acids is 1. The van der Waals surface area contributed by atoms with E-state index in [4.69, 9.17) is 21.4 Å². The van der Waals surface area contributed by atoms with Crippen LogP contribution in [0.15, 0.2) is 18.2 Å². The van der Waals surface area contributed by atoms with Gasteiger partial charge in [-0.05, 0) is 36.6 Å². The second-order valence-electron chi connectivity index (χ2n) is 5.52. The topological polar surface area (TPSA) is 66.8 Å². The van der Waals surface area contributed by atoms with Gasteiger partial charge in [-0.15, -0.1) is 0 Å². The van der Waals surface area contributed by atoms with Gasteiger partial charge in [-0.25, -0.2) is 0 Å². The van der Waals surface area contributed by atoms with E-state index in [2.05, 4.69) is 0 Å². The lowest BCUT2D eigenvalue weighted by Crippen LogP contribution is -2.47. The molecule has 0 unspecified atom stereocenters. The molecule has 0 spiro atoms. The molecule has 2 aliphatic heterocycles. The summed E-state index contributed by atoms with van der Waals surface area (Å²) < 4.78 is 5.68. The number of hydrogen-bond donors (Lipinski definition) is 1. The van der Waals surface area contributed by atoms with Crippen molar-refractivity contribution in [1.82, 2.24) is 4.90 Å². The van der Waals surface area contributed by atoms with Crippen molar-refractivity contribution < 1.29 is 19.4 Å². The summed E-state index contributed by atoms with van der Waals surface area (Å²) in [6.45, 7) is 0.866. The first-order valence-electron chi connectivity index (χ1n) is 7.01. The number of benzene rings is 1. The van der Waals surface area contributed by atoms with Gasteiger partial charge in [-0.1, -0.05) is 11.6 Å². The van der Waals surface area contributed by atoms with E-state index in [1.165, 1.54) is 0 Å². The molecule has 112 valence electrons. The van der Waals surface area contributed by atoms with E-state index in [0.29, 0.717) is 36.6 Å². The first-order valence-corrected chi connectivity index (χ1v) is 7.39. The molecule has 2 atom stereocenters. The maximum Gasteiger partial charge on any atom is 0.308 e. The monoisotopic (exact) mass is 309 g/mol. The third-order valence-corrected chi connectivity index (χ3v) is 4.29. The molecule has 2 heterocycles. The Morgan fingerprint density at radius 1 is 1.38 bits per heavy atom. The Morgan fingerprint density at radius 2 is 2.19 bits per heavy atom. The van der Waals surface area contributed by atoms with Crippen molar-refractivity contribution in [3.63, 3.8) is 0 Å². The lowest BCUT2D eigenvalue weighted by Gasteiger charge is -2.32. The highest BCUT2D eigenvalue weighted by atomic mass is 35.5. The maximum atomic E-state index is 12.5. The molecular formula is C15H16ClNO4. The highest BCUT2D eigenvalue weighted by Gasteiger charge is 2.35. The quantitative estimate of drug-likeness (QED) is 0.907. The average molecular weight is 310 g/mol. The van der Waals surface area contributed by atoms with Crippen LogP contribution in [0.2, 0.25) is 5.02 Å². The molecule has 1 N–H and O–H groups in total. The molecule has 5 nitrogen and oxygen atoms in total. The van der Waals surface area contributed by atoms with Crippen LogP contribution in [0.25, 0.3) is 0 Å². The smallest absolute Gasteiger partial charge is 0.308 e. The molecule has 0 radical (unpaired) electrons. The number of carboxylic acid groups (broad SMARTS) is 1. The predicted octanol–water partition coefficient (Wildman–Crippen LogP) is 1.97. The standard InChI is InChI=1S/C15H16ClNO4/c16-11-3-4-12-10(6-11)7-13(21-12)14(18)17-5-1-2-9(8-17)15(19)20/h3-4,6,9,13H,1-2,5,7-8H2,(H,19,20)/t9-,13+/m1/s1. The minimum absolute atomic E-state index is 0.131. The number of hydrogen-bond acceptors (Lipinski definition) is 3. The number of fused-ring (bicyclic) bond motifs is 1. The Kier molecular flexibility index (Phi) is 3.76. The molecule has 3 rings (SSSR count). The molecule has 0 saturated carbocycles.